The SMILES string of the molecule is CC1(C)OB(C(=Cc2c(Cl)cncc2Cl)CN)OC1(C)C. The fourth-order valence-corrected chi connectivity index (χ4v) is 2.44. The van der Waals surface area contributed by atoms with E-state index in [4.69, 9.17) is 38.2 Å². The van der Waals surface area contributed by atoms with Crippen LogP contribution in [-0.2, 0) is 9.31 Å². The Hall–Kier alpha value is -0.585. The van der Waals surface area contributed by atoms with Gasteiger partial charge in [-0.3, -0.25) is 4.98 Å². The van der Waals surface area contributed by atoms with Crippen LogP contribution in [0.3, 0.4) is 0 Å². The number of hydrogen-bond acceptors (Lipinski definition) is 4. The average Bonchev–Trinajstić information content (AvgIpc) is 2.58. The van der Waals surface area contributed by atoms with E-state index >= 15 is 0 Å². The first kappa shape index (κ1) is 16.8. The van der Waals surface area contributed by atoms with Crippen molar-refractivity contribution >= 4 is 36.4 Å². The molecule has 0 atom stereocenters. The molecule has 4 nitrogen and oxygen atoms in total. The van der Waals surface area contributed by atoms with Gasteiger partial charge in [0.1, 0.15) is 0 Å². The maximum Gasteiger partial charge on any atom is 0.491 e. The number of nitrogens with two attached hydrogens (primary N) is 1. The third-order valence-corrected chi connectivity index (χ3v) is 4.61. The first-order valence-electron chi connectivity index (χ1n) is 6.73. The average molecular weight is 329 g/mol. The summed E-state index contributed by atoms with van der Waals surface area (Å²) in [5.41, 5.74) is 6.46. The van der Waals surface area contributed by atoms with Gasteiger partial charge in [-0.05, 0) is 33.2 Å². The van der Waals surface area contributed by atoms with E-state index in [0.29, 0.717) is 15.6 Å². The molecule has 0 spiro atoms. The van der Waals surface area contributed by atoms with Crippen molar-refractivity contribution < 1.29 is 9.31 Å². The molecule has 0 aliphatic carbocycles. The molecule has 0 bridgehead atoms. The molecule has 1 fully saturated rings. The maximum absolute atomic E-state index is 6.14. The van der Waals surface area contributed by atoms with Crippen molar-refractivity contribution in [3.8, 4) is 0 Å². The quantitative estimate of drug-likeness (QED) is 0.864. The van der Waals surface area contributed by atoms with Gasteiger partial charge >= 0.3 is 7.12 Å². The van der Waals surface area contributed by atoms with Crippen molar-refractivity contribution in [3.63, 3.8) is 0 Å². The van der Waals surface area contributed by atoms with E-state index in [1.165, 1.54) is 12.4 Å². The summed E-state index contributed by atoms with van der Waals surface area (Å²) in [4.78, 5) is 3.93. The third-order valence-electron chi connectivity index (χ3n) is 4.01. The number of pyridine rings is 1. The molecule has 2 N–H and O–H groups in total. The zero-order chi connectivity index (χ0) is 15.8. The summed E-state index contributed by atoms with van der Waals surface area (Å²) in [5.74, 6) is 0. The van der Waals surface area contributed by atoms with Gasteiger partial charge in [-0.15, -0.1) is 0 Å². The molecule has 1 saturated heterocycles. The van der Waals surface area contributed by atoms with Crippen molar-refractivity contribution in [2.75, 3.05) is 6.54 Å². The smallest absolute Gasteiger partial charge is 0.400 e. The molecule has 7 heteroatoms. The number of rotatable bonds is 3. The Morgan fingerprint density at radius 2 is 1.67 bits per heavy atom. The Bertz CT molecular complexity index is 540. The van der Waals surface area contributed by atoms with Crippen LogP contribution in [0.15, 0.2) is 17.9 Å². The molecule has 1 aliphatic rings. The molecule has 1 aliphatic heterocycles. The highest BCUT2D eigenvalue weighted by molar-refractivity contribution is 6.56. The number of halogens is 2. The largest absolute Gasteiger partial charge is 0.491 e. The molecule has 0 amide bonds. The molecule has 0 aromatic carbocycles. The molecule has 2 rings (SSSR count). The lowest BCUT2D eigenvalue weighted by molar-refractivity contribution is 0.00578. The van der Waals surface area contributed by atoms with Crippen LogP contribution >= 0.6 is 23.2 Å². The molecule has 0 radical (unpaired) electrons. The lowest BCUT2D eigenvalue weighted by atomic mass is 9.77. The second-order valence-corrected chi connectivity index (χ2v) is 6.84. The van der Waals surface area contributed by atoms with E-state index in [-0.39, 0.29) is 6.54 Å². The van der Waals surface area contributed by atoms with E-state index in [9.17, 15) is 0 Å². The first-order valence-corrected chi connectivity index (χ1v) is 7.49. The van der Waals surface area contributed by atoms with Crippen LogP contribution in [0.25, 0.3) is 6.08 Å². The molecule has 1 aromatic rings. The second kappa shape index (κ2) is 5.90. The first-order chi connectivity index (χ1) is 9.68. The van der Waals surface area contributed by atoms with Gasteiger partial charge in [0.25, 0.3) is 0 Å². The van der Waals surface area contributed by atoms with Crippen molar-refractivity contribution in [2.45, 2.75) is 38.9 Å². The van der Waals surface area contributed by atoms with Gasteiger partial charge in [-0.1, -0.05) is 29.3 Å². The summed E-state index contributed by atoms with van der Waals surface area (Å²) in [6.45, 7) is 8.26. The zero-order valence-electron chi connectivity index (χ0n) is 12.6. The van der Waals surface area contributed by atoms with Crippen molar-refractivity contribution in [1.29, 1.82) is 0 Å². The van der Waals surface area contributed by atoms with Crippen LogP contribution in [0.4, 0.5) is 0 Å². The Balaban J connectivity index is 2.36. The van der Waals surface area contributed by atoms with Crippen LogP contribution in [0, 0.1) is 0 Å². The van der Waals surface area contributed by atoms with Crippen LogP contribution in [0.5, 0.6) is 0 Å². The summed E-state index contributed by atoms with van der Waals surface area (Å²) >= 11 is 12.3. The maximum atomic E-state index is 6.14. The van der Waals surface area contributed by atoms with Crippen LogP contribution in [-0.4, -0.2) is 29.8 Å². The monoisotopic (exact) mass is 328 g/mol. The van der Waals surface area contributed by atoms with Gasteiger partial charge in [-0.2, -0.15) is 0 Å². The predicted octanol–water partition coefficient (Wildman–Crippen LogP) is 3.36. The van der Waals surface area contributed by atoms with Crippen molar-refractivity contribution in [3.05, 3.63) is 33.5 Å². The van der Waals surface area contributed by atoms with Crippen LogP contribution in [0.2, 0.25) is 10.0 Å². The molecule has 2 heterocycles. The van der Waals surface area contributed by atoms with Crippen LogP contribution < -0.4 is 5.73 Å². The third kappa shape index (κ3) is 3.27. The normalized spacial score (nSPS) is 20.9. The second-order valence-electron chi connectivity index (χ2n) is 6.03. The molecule has 0 unspecified atom stereocenters. The summed E-state index contributed by atoms with van der Waals surface area (Å²) in [6.07, 6.45) is 4.89. The van der Waals surface area contributed by atoms with Gasteiger partial charge in [0.05, 0.1) is 21.2 Å². The Morgan fingerprint density at radius 3 is 2.10 bits per heavy atom. The highest BCUT2D eigenvalue weighted by Gasteiger charge is 2.52. The lowest BCUT2D eigenvalue weighted by Crippen LogP contribution is -2.41. The van der Waals surface area contributed by atoms with E-state index in [2.05, 4.69) is 4.98 Å². The van der Waals surface area contributed by atoms with E-state index < -0.39 is 18.3 Å². The highest BCUT2D eigenvalue weighted by Crippen LogP contribution is 2.39. The standard InChI is InChI=1S/C14H19BCl2N2O2/c1-13(2)14(3,4)21-15(20-13)9(6-18)5-10-11(16)7-19-8-12(10)17/h5,7-8H,6,18H2,1-4H3. The topological polar surface area (TPSA) is 57.4 Å². The Labute approximate surface area is 135 Å². The van der Waals surface area contributed by atoms with Gasteiger partial charge < -0.3 is 15.0 Å². The van der Waals surface area contributed by atoms with Gasteiger partial charge in [0.2, 0.25) is 0 Å². The molecule has 114 valence electrons. The minimum Gasteiger partial charge on any atom is -0.400 e. The molecular formula is C14H19BCl2N2O2. The number of aromatic nitrogens is 1. The fourth-order valence-electron chi connectivity index (χ4n) is 1.96. The minimum atomic E-state index is -0.514. The molecular weight excluding hydrogens is 310 g/mol. The fraction of sp³-hybridized carbons (Fsp3) is 0.500. The molecule has 0 saturated carbocycles. The van der Waals surface area contributed by atoms with Gasteiger partial charge in [-0.25, -0.2) is 0 Å². The predicted molar refractivity (Wildman–Crippen MR) is 87.4 cm³/mol. The summed E-state index contributed by atoms with van der Waals surface area (Å²) < 4.78 is 12.0. The Morgan fingerprint density at radius 1 is 1.19 bits per heavy atom. The highest BCUT2D eigenvalue weighted by atomic mass is 35.5. The summed E-state index contributed by atoms with van der Waals surface area (Å²) in [7, 11) is -0.514. The van der Waals surface area contributed by atoms with Gasteiger partial charge in [0.15, 0.2) is 0 Å². The lowest BCUT2D eigenvalue weighted by Gasteiger charge is -2.32. The van der Waals surface area contributed by atoms with E-state index in [1.807, 2.05) is 33.8 Å². The van der Waals surface area contributed by atoms with E-state index in [0.717, 1.165) is 5.47 Å². The van der Waals surface area contributed by atoms with Crippen LogP contribution in [0.1, 0.15) is 33.3 Å². The zero-order valence-corrected chi connectivity index (χ0v) is 14.1. The Kier molecular flexibility index (Phi) is 4.71. The van der Waals surface area contributed by atoms with E-state index in [1.54, 1.807) is 0 Å². The minimum absolute atomic E-state index is 0.284. The number of nitrogens with zero attached hydrogens (tertiary/aromatic N) is 1. The number of hydrogen-bond donors (Lipinski definition) is 1. The van der Waals surface area contributed by atoms with Crippen molar-refractivity contribution in [1.82, 2.24) is 4.98 Å². The molecule has 21 heavy (non-hydrogen) atoms. The van der Waals surface area contributed by atoms with Gasteiger partial charge in [0, 0.05) is 24.5 Å². The summed E-state index contributed by atoms with van der Waals surface area (Å²) in [5, 5.41) is 0.926. The summed E-state index contributed by atoms with van der Waals surface area (Å²) in [6, 6.07) is 0. The van der Waals surface area contributed by atoms with Crippen molar-refractivity contribution in [2.24, 2.45) is 5.73 Å². The molecule has 1 aromatic heterocycles.